The normalized spacial score (nSPS) is 10.4. The molecule has 0 atom stereocenters. The van der Waals surface area contributed by atoms with E-state index in [-0.39, 0.29) is 0 Å². The van der Waals surface area contributed by atoms with Gasteiger partial charge in [0.2, 0.25) is 0 Å². The molecule has 0 aliphatic rings. The summed E-state index contributed by atoms with van der Waals surface area (Å²) in [5.41, 5.74) is 8.16. The van der Waals surface area contributed by atoms with Crippen LogP contribution in [-0.2, 0) is 0 Å². The van der Waals surface area contributed by atoms with Crippen LogP contribution in [-0.4, -0.2) is 19.7 Å². The number of anilines is 1. The van der Waals surface area contributed by atoms with E-state index in [9.17, 15) is 0 Å². The van der Waals surface area contributed by atoms with Crippen LogP contribution in [0.25, 0.3) is 5.95 Å². The van der Waals surface area contributed by atoms with Gasteiger partial charge in [-0.3, -0.25) is 0 Å². The van der Waals surface area contributed by atoms with Crippen LogP contribution in [0.5, 0.6) is 0 Å². The molecule has 0 spiro atoms. The zero-order valence-corrected chi connectivity index (χ0v) is 8.10. The summed E-state index contributed by atoms with van der Waals surface area (Å²) in [5.74, 6) is 0.546. The maximum atomic E-state index is 5.55. The van der Waals surface area contributed by atoms with Crippen LogP contribution < -0.4 is 5.73 Å². The SMILES string of the molecule is Cc1cnc(-n2cc(N)cn2)nc1C. The molecule has 0 unspecified atom stereocenters. The van der Waals surface area contributed by atoms with Crippen LogP contribution in [0.2, 0.25) is 0 Å². The monoisotopic (exact) mass is 189 g/mol. The van der Waals surface area contributed by atoms with E-state index in [4.69, 9.17) is 5.73 Å². The van der Waals surface area contributed by atoms with E-state index in [1.165, 1.54) is 0 Å². The maximum Gasteiger partial charge on any atom is 0.250 e. The molecule has 14 heavy (non-hydrogen) atoms. The van der Waals surface area contributed by atoms with E-state index >= 15 is 0 Å². The van der Waals surface area contributed by atoms with Gasteiger partial charge in [0.15, 0.2) is 0 Å². The fourth-order valence-corrected chi connectivity index (χ4v) is 1.07. The summed E-state index contributed by atoms with van der Waals surface area (Å²) in [6.07, 6.45) is 5.03. The Balaban J connectivity index is 2.47. The number of nitrogens with two attached hydrogens (primary N) is 1. The number of rotatable bonds is 1. The molecule has 2 aromatic rings. The molecule has 0 aliphatic carbocycles. The molecule has 5 nitrogen and oxygen atoms in total. The minimum absolute atomic E-state index is 0.546. The van der Waals surface area contributed by atoms with Crippen molar-refractivity contribution in [1.29, 1.82) is 0 Å². The fraction of sp³-hybridized carbons (Fsp3) is 0.222. The van der Waals surface area contributed by atoms with Crippen molar-refractivity contribution in [2.45, 2.75) is 13.8 Å². The van der Waals surface area contributed by atoms with E-state index < -0.39 is 0 Å². The van der Waals surface area contributed by atoms with E-state index in [2.05, 4.69) is 15.1 Å². The van der Waals surface area contributed by atoms with Crippen molar-refractivity contribution < 1.29 is 0 Å². The molecule has 0 fully saturated rings. The van der Waals surface area contributed by atoms with E-state index in [0.717, 1.165) is 11.3 Å². The highest BCUT2D eigenvalue weighted by molar-refractivity contribution is 5.33. The lowest BCUT2D eigenvalue weighted by Crippen LogP contribution is -2.03. The minimum atomic E-state index is 0.546. The first kappa shape index (κ1) is 8.68. The summed E-state index contributed by atoms with van der Waals surface area (Å²) in [7, 11) is 0. The molecule has 0 aromatic carbocycles. The summed E-state index contributed by atoms with van der Waals surface area (Å²) < 4.78 is 1.56. The first-order valence-corrected chi connectivity index (χ1v) is 4.27. The van der Waals surface area contributed by atoms with Crippen molar-refractivity contribution in [3.63, 3.8) is 0 Å². The number of hydrogen-bond donors (Lipinski definition) is 1. The van der Waals surface area contributed by atoms with Gasteiger partial charge in [0.1, 0.15) is 0 Å². The van der Waals surface area contributed by atoms with Gasteiger partial charge in [-0.25, -0.2) is 14.6 Å². The predicted octanol–water partition coefficient (Wildman–Crippen LogP) is 0.861. The van der Waals surface area contributed by atoms with Gasteiger partial charge < -0.3 is 5.73 Å². The highest BCUT2D eigenvalue weighted by atomic mass is 15.3. The molecule has 0 saturated heterocycles. The van der Waals surface area contributed by atoms with Gasteiger partial charge in [0.05, 0.1) is 18.1 Å². The molecule has 72 valence electrons. The lowest BCUT2D eigenvalue weighted by Gasteiger charge is -2.01. The Kier molecular flexibility index (Phi) is 1.92. The first-order chi connectivity index (χ1) is 6.66. The van der Waals surface area contributed by atoms with Crippen LogP contribution in [0.1, 0.15) is 11.3 Å². The molecule has 2 heterocycles. The largest absolute Gasteiger partial charge is 0.396 e. The number of aryl methyl sites for hydroxylation is 2. The first-order valence-electron chi connectivity index (χ1n) is 4.27. The van der Waals surface area contributed by atoms with Crippen LogP contribution >= 0.6 is 0 Å². The number of nitrogens with zero attached hydrogens (tertiary/aromatic N) is 4. The Morgan fingerprint density at radius 1 is 1.29 bits per heavy atom. The molecule has 2 aromatic heterocycles. The lowest BCUT2D eigenvalue weighted by atomic mass is 10.3. The van der Waals surface area contributed by atoms with Gasteiger partial charge in [0, 0.05) is 11.9 Å². The van der Waals surface area contributed by atoms with Crippen molar-refractivity contribution in [3.8, 4) is 5.95 Å². The molecule has 0 bridgehead atoms. The lowest BCUT2D eigenvalue weighted by molar-refractivity contribution is 0.797. The molecular formula is C9H11N5. The molecule has 0 amide bonds. The second-order valence-corrected chi connectivity index (χ2v) is 3.16. The van der Waals surface area contributed by atoms with Crippen molar-refractivity contribution in [1.82, 2.24) is 19.7 Å². The number of hydrogen-bond acceptors (Lipinski definition) is 4. The van der Waals surface area contributed by atoms with Crippen molar-refractivity contribution in [2.24, 2.45) is 0 Å². The zero-order valence-electron chi connectivity index (χ0n) is 8.10. The third-order valence-electron chi connectivity index (χ3n) is 2.02. The number of aromatic nitrogens is 4. The van der Waals surface area contributed by atoms with Crippen molar-refractivity contribution >= 4 is 5.69 Å². The van der Waals surface area contributed by atoms with Crippen LogP contribution in [0, 0.1) is 13.8 Å². The highest BCUT2D eigenvalue weighted by Crippen LogP contribution is 2.07. The Bertz CT molecular complexity index is 460. The average molecular weight is 189 g/mol. The Hall–Kier alpha value is -1.91. The summed E-state index contributed by atoms with van der Waals surface area (Å²) in [4.78, 5) is 8.45. The van der Waals surface area contributed by atoms with Gasteiger partial charge in [0.25, 0.3) is 5.95 Å². The Morgan fingerprint density at radius 2 is 2.07 bits per heavy atom. The quantitative estimate of drug-likeness (QED) is 0.722. The van der Waals surface area contributed by atoms with Gasteiger partial charge >= 0.3 is 0 Å². The van der Waals surface area contributed by atoms with Gasteiger partial charge in [-0.15, -0.1) is 0 Å². The number of nitrogen functional groups attached to an aromatic ring is 1. The smallest absolute Gasteiger partial charge is 0.250 e. The molecule has 0 radical (unpaired) electrons. The Labute approximate surface area is 81.6 Å². The Morgan fingerprint density at radius 3 is 2.64 bits per heavy atom. The summed E-state index contributed by atoms with van der Waals surface area (Å²) in [6, 6.07) is 0. The van der Waals surface area contributed by atoms with Gasteiger partial charge in [-0.05, 0) is 19.4 Å². The van der Waals surface area contributed by atoms with Crippen molar-refractivity contribution in [2.75, 3.05) is 5.73 Å². The second-order valence-electron chi connectivity index (χ2n) is 3.16. The standard InChI is InChI=1S/C9H11N5/c1-6-3-11-9(13-7(6)2)14-5-8(10)4-12-14/h3-5H,10H2,1-2H3. The maximum absolute atomic E-state index is 5.55. The molecule has 2 rings (SSSR count). The summed E-state index contributed by atoms with van der Waals surface area (Å²) >= 11 is 0. The second kappa shape index (κ2) is 3.10. The van der Waals surface area contributed by atoms with E-state index in [1.807, 2.05) is 13.8 Å². The molecule has 0 aliphatic heterocycles. The average Bonchev–Trinajstić information content (AvgIpc) is 2.57. The van der Waals surface area contributed by atoms with Gasteiger partial charge in [-0.1, -0.05) is 0 Å². The van der Waals surface area contributed by atoms with Crippen LogP contribution in [0.3, 0.4) is 0 Å². The third-order valence-corrected chi connectivity index (χ3v) is 2.02. The fourth-order valence-electron chi connectivity index (χ4n) is 1.07. The third kappa shape index (κ3) is 1.44. The predicted molar refractivity (Wildman–Crippen MR) is 53.0 cm³/mol. The summed E-state index contributed by atoms with van der Waals surface area (Å²) in [5, 5.41) is 4.02. The van der Waals surface area contributed by atoms with Gasteiger partial charge in [-0.2, -0.15) is 5.10 Å². The van der Waals surface area contributed by atoms with Crippen LogP contribution in [0.15, 0.2) is 18.6 Å². The molecule has 0 saturated carbocycles. The summed E-state index contributed by atoms with van der Waals surface area (Å²) in [6.45, 7) is 3.91. The van der Waals surface area contributed by atoms with Crippen molar-refractivity contribution in [3.05, 3.63) is 29.8 Å². The molecule has 5 heteroatoms. The highest BCUT2D eigenvalue weighted by Gasteiger charge is 2.02. The van der Waals surface area contributed by atoms with Crippen LogP contribution in [0.4, 0.5) is 5.69 Å². The molecule has 2 N–H and O–H groups in total. The van der Waals surface area contributed by atoms with E-state index in [1.54, 1.807) is 23.3 Å². The minimum Gasteiger partial charge on any atom is -0.396 e. The van der Waals surface area contributed by atoms with E-state index in [0.29, 0.717) is 11.6 Å². The topological polar surface area (TPSA) is 69.6 Å². The zero-order chi connectivity index (χ0) is 10.1. The molecular weight excluding hydrogens is 178 g/mol.